The van der Waals surface area contributed by atoms with Crippen molar-refractivity contribution < 1.29 is 4.42 Å². The van der Waals surface area contributed by atoms with Crippen molar-refractivity contribution in [1.29, 1.82) is 0 Å². The molecule has 0 aliphatic carbocycles. The van der Waals surface area contributed by atoms with Crippen molar-refractivity contribution in [3.8, 4) is 0 Å². The smallest absolute Gasteiger partial charge is 0.113 e. The van der Waals surface area contributed by atoms with E-state index in [4.69, 9.17) is 4.42 Å². The summed E-state index contributed by atoms with van der Waals surface area (Å²) in [6.07, 6.45) is 3.09. The molecule has 1 aromatic heterocycles. The molecule has 2 heterocycles. The maximum Gasteiger partial charge on any atom is 0.113 e. The number of hydrogen-bond acceptors (Lipinski definition) is 3. The van der Waals surface area contributed by atoms with Gasteiger partial charge in [0.15, 0.2) is 0 Å². The van der Waals surface area contributed by atoms with Gasteiger partial charge in [-0.15, -0.1) is 0 Å². The zero-order valence-electron chi connectivity index (χ0n) is 7.66. The van der Waals surface area contributed by atoms with E-state index in [9.17, 15) is 0 Å². The number of nitrogens with one attached hydrogen (secondary N) is 1. The van der Waals surface area contributed by atoms with E-state index < -0.39 is 0 Å². The average molecular weight is 197 g/mol. The lowest BCUT2D eigenvalue weighted by Gasteiger charge is -2.26. The summed E-state index contributed by atoms with van der Waals surface area (Å²) >= 11 is 1.97. The molecule has 1 aliphatic heterocycles. The molecule has 0 bridgehead atoms. The molecule has 0 radical (unpaired) electrons. The van der Waals surface area contributed by atoms with Gasteiger partial charge in [0.05, 0.1) is 12.0 Å². The number of hydrogen-bond donors (Lipinski definition) is 1. The lowest BCUT2D eigenvalue weighted by molar-refractivity contribution is 0.341. The third-order valence-corrected chi connectivity index (χ3v) is 3.37. The number of furan rings is 1. The molecule has 72 valence electrons. The van der Waals surface area contributed by atoms with Gasteiger partial charge in [-0.1, -0.05) is 0 Å². The zero-order chi connectivity index (χ0) is 8.93. The van der Waals surface area contributed by atoms with Crippen LogP contribution in [0.4, 0.5) is 0 Å². The van der Waals surface area contributed by atoms with Gasteiger partial charge >= 0.3 is 0 Å². The van der Waals surface area contributed by atoms with E-state index in [1.54, 1.807) is 6.26 Å². The van der Waals surface area contributed by atoms with Gasteiger partial charge in [-0.2, -0.15) is 11.8 Å². The predicted octanol–water partition coefficient (Wildman–Crippen LogP) is 2.12. The fourth-order valence-electron chi connectivity index (χ4n) is 1.37. The van der Waals surface area contributed by atoms with E-state index in [0.29, 0.717) is 0 Å². The Labute approximate surface area is 83.1 Å². The first kappa shape index (κ1) is 9.16. The van der Waals surface area contributed by atoms with Crippen molar-refractivity contribution in [3.05, 3.63) is 24.2 Å². The zero-order valence-corrected chi connectivity index (χ0v) is 8.48. The fraction of sp³-hybridized carbons (Fsp3) is 0.600. The van der Waals surface area contributed by atoms with E-state index in [1.807, 2.05) is 23.9 Å². The van der Waals surface area contributed by atoms with Crippen LogP contribution < -0.4 is 5.32 Å². The molecule has 1 fully saturated rings. The molecule has 0 aromatic carbocycles. The van der Waals surface area contributed by atoms with Crippen molar-refractivity contribution in [2.45, 2.75) is 12.2 Å². The van der Waals surface area contributed by atoms with Crippen LogP contribution in [-0.2, 0) is 5.75 Å². The summed E-state index contributed by atoms with van der Waals surface area (Å²) in [4.78, 5) is 0. The van der Waals surface area contributed by atoms with Crippen LogP contribution in [0.15, 0.2) is 22.8 Å². The first-order chi connectivity index (χ1) is 6.45. The SMILES string of the molecule is c1coc(CSCCC2CNC2)c1. The van der Waals surface area contributed by atoms with Crippen molar-refractivity contribution in [3.63, 3.8) is 0 Å². The summed E-state index contributed by atoms with van der Waals surface area (Å²) in [5.74, 6) is 4.31. The summed E-state index contributed by atoms with van der Waals surface area (Å²) in [6.45, 7) is 2.45. The minimum absolute atomic E-state index is 0.934. The third kappa shape index (κ3) is 2.78. The Bertz CT molecular complexity index is 231. The lowest BCUT2D eigenvalue weighted by atomic mass is 10.0. The summed E-state index contributed by atoms with van der Waals surface area (Å²) in [6, 6.07) is 3.99. The molecular formula is C10H15NOS. The van der Waals surface area contributed by atoms with E-state index in [1.165, 1.54) is 25.3 Å². The molecular weight excluding hydrogens is 182 g/mol. The van der Waals surface area contributed by atoms with Crippen LogP contribution in [0.25, 0.3) is 0 Å². The molecule has 2 rings (SSSR count). The molecule has 1 aromatic rings. The second kappa shape index (κ2) is 4.72. The van der Waals surface area contributed by atoms with Crippen LogP contribution in [0.1, 0.15) is 12.2 Å². The molecule has 0 unspecified atom stereocenters. The first-order valence-corrected chi connectivity index (χ1v) is 5.91. The molecule has 0 spiro atoms. The lowest BCUT2D eigenvalue weighted by Crippen LogP contribution is -2.42. The van der Waals surface area contributed by atoms with E-state index in [2.05, 4.69) is 5.32 Å². The van der Waals surface area contributed by atoms with Gasteiger partial charge in [0.25, 0.3) is 0 Å². The monoisotopic (exact) mass is 197 g/mol. The fourth-order valence-corrected chi connectivity index (χ4v) is 2.38. The van der Waals surface area contributed by atoms with Gasteiger partial charge < -0.3 is 9.73 Å². The molecule has 13 heavy (non-hydrogen) atoms. The Hall–Kier alpha value is -0.410. The van der Waals surface area contributed by atoms with E-state index in [-0.39, 0.29) is 0 Å². The maximum absolute atomic E-state index is 5.25. The van der Waals surface area contributed by atoms with Crippen LogP contribution in [0.2, 0.25) is 0 Å². The van der Waals surface area contributed by atoms with E-state index in [0.717, 1.165) is 17.4 Å². The highest BCUT2D eigenvalue weighted by molar-refractivity contribution is 7.98. The summed E-state index contributed by atoms with van der Waals surface area (Å²) in [5, 5.41) is 3.29. The molecule has 3 heteroatoms. The second-order valence-electron chi connectivity index (χ2n) is 3.44. The Morgan fingerprint density at radius 2 is 2.46 bits per heavy atom. The molecule has 0 amide bonds. The van der Waals surface area contributed by atoms with Gasteiger partial charge in [-0.25, -0.2) is 0 Å². The maximum atomic E-state index is 5.25. The summed E-state index contributed by atoms with van der Waals surface area (Å²) in [5.41, 5.74) is 0. The minimum Gasteiger partial charge on any atom is -0.468 e. The van der Waals surface area contributed by atoms with Gasteiger partial charge in [0.2, 0.25) is 0 Å². The molecule has 0 atom stereocenters. The highest BCUT2D eigenvalue weighted by Crippen LogP contribution is 2.17. The normalized spacial score (nSPS) is 17.2. The van der Waals surface area contributed by atoms with Crippen molar-refractivity contribution in [2.24, 2.45) is 5.92 Å². The van der Waals surface area contributed by atoms with Crippen LogP contribution in [0, 0.1) is 5.92 Å². The molecule has 1 N–H and O–H groups in total. The Balaban J connectivity index is 1.53. The Morgan fingerprint density at radius 1 is 1.54 bits per heavy atom. The van der Waals surface area contributed by atoms with Gasteiger partial charge in [-0.3, -0.25) is 0 Å². The highest BCUT2D eigenvalue weighted by atomic mass is 32.2. The van der Waals surface area contributed by atoms with Crippen molar-refractivity contribution >= 4 is 11.8 Å². The predicted molar refractivity (Wildman–Crippen MR) is 55.8 cm³/mol. The minimum atomic E-state index is 0.934. The van der Waals surface area contributed by atoms with Crippen molar-refractivity contribution in [2.75, 3.05) is 18.8 Å². The molecule has 1 aliphatic rings. The topological polar surface area (TPSA) is 25.2 Å². The van der Waals surface area contributed by atoms with Crippen LogP contribution in [0.5, 0.6) is 0 Å². The van der Waals surface area contributed by atoms with Gasteiger partial charge in [-0.05, 0) is 43.3 Å². The first-order valence-electron chi connectivity index (χ1n) is 4.76. The highest BCUT2D eigenvalue weighted by Gasteiger charge is 2.15. The Morgan fingerprint density at radius 3 is 3.08 bits per heavy atom. The van der Waals surface area contributed by atoms with E-state index >= 15 is 0 Å². The molecule has 0 saturated carbocycles. The quantitative estimate of drug-likeness (QED) is 0.732. The standard InChI is InChI=1S/C10H15NOS/c1-2-10(12-4-1)8-13-5-3-9-6-11-7-9/h1-2,4,9,11H,3,5-8H2. The van der Waals surface area contributed by atoms with Crippen LogP contribution >= 0.6 is 11.8 Å². The number of thioether (sulfide) groups is 1. The van der Waals surface area contributed by atoms with Crippen LogP contribution in [-0.4, -0.2) is 18.8 Å². The number of rotatable bonds is 5. The third-order valence-electron chi connectivity index (χ3n) is 2.36. The van der Waals surface area contributed by atoms with Gasteiger partial charge in [0, 0.05) is 0 Å². The van der Waals surface area contributed by atoms with Crippen molar-refractivity contribution in [1.82, 2.24) is 5.32 Å². The second-order valence-corrected chi connectivity index (χ2v) is 4.55. The summed E-state index contributed by atoms with van der Waals surface area (Å²) < 4.78 is 5.25. The van der Waals surface area contributed by atoms with Gasteiger partial charge in [0.1, 0.15) is 5.76 Å². The average Bonchev–Trinajstić information content (AvgIpc) is 2.53. The molecule has 2 nitrogen and oxygen atoms in total. The largest absolute Gasteiger partial charge is 0.468 e. The molecule has 1 saturated heterocycles. The summed E-state index contributed by atoms with van der Waals surface area (Å²) in [7, 11) is 0. The Kier molecular flexibility index (Phi) is 3.33. The van der Waals surface area contributed by atoms with Crippen LogP contribution in [0.3, 0.4) is 0 Å².